The van der Waals surface area contributed by atoms with E-state index in [0.717, 1.165) is 9.87 Å². The number of hydrogen-bond acceptors (Lipinski definition) is 6. The zero-order valence-corrected chi connectivity index (χ0v) is 27.4. The lowest BCUT2D eigenvalue weighted by atomic mass is 10.1. The van der Waals surface area contributed by atoms with Gasteiger partial charge in [-0.1, -0.05) is 53.9 Å². The first-order valence-corrected chi connectivity index (χ1v) is 15.9. The van der Waals surface area contributed by atoms with Gasteiger partial charge in [-0.15, -0.1) is 0 Å². The van der Waals surface area contributed by atoms with Crippen molar-refractivity contribution in [1.29, 1.82) is 0 Å². The van der Waals surface area contributed by atoms with Gasteiger partial charge in [-0.2, -0.15) is 0 Å². The number of nitrogens with one attached hydrogen (secondary N) is 1. The first-order chi connectivity index (χ1) is 20.3. The fourth-order valence-corrected chi connectivity index (χ4v) is 6.45. The number of sulfonamides is 1. The van der Waals surface area contributed by atoms with E-state index in [4.69, 9.17) is 32.7 Å². The third-order valence-electron chi connectivity index (χ3n) is 6.75. The van der Waals surface area contributed by atoms with Crippen molar-refractivity contribution >= 4 is 50.7 Å². The Morgan fingerprint density at radius 3 is 2.07 bits per heavy atom. The molecule has 0 spiro atoms. The minimum Gasteiger partial charge on any atom is -0.493 e. The standard InChI is InChI=1S/C31H37Cl2N3O6S/c1-7-27(31(38)34-20(2)3)35(18-24-25(32)9-8-10-26(24)33)30(37)19-36(22-13-11-21(4)12-14-22)43(39,40)23-15-16-28(41-5)29(17-23)42-6/h8-17,20,27H,7,18-19H2,1-6H3,(H,34,38)/t27-/m0/s1. The molecule has 0 aliphatic carbocycles. The largest absolute Gasteiger partial charge is 0.493 e. The monoisotopic (exact) mass is 649 g/mol. The van der Waals surface area contributed by atoms with Crippen LogP contribution in [0.4, 0.5) is 5.69 Å². The summed E-state index contributed by atoms with van der Waals surface area (Å²) >= 11 is 12.9. The van der Waals surface area contributed by atoms with Gasteiger partial charge < -0.3 is 19.7 Å². The van der Waals surface area contributed by atoms with Gasteiger partial charge >= 0.3 is 0 Å². The van der Waals surface area contributed by atoms with E-state index in [2.05, 4.69) is 5.32 Å². The van der Waals surface area contributed by atoms with Gasteiger partial charge in [0.1, 0.15) is 12.6 Å². The van der Waals surface area contributed by atoms with Gasteiger partial charge in [-0.25, -0.2) is 8.42 Å². The van der Waals surface area contributed by atoms with Gasteiger partial charge in [0.2, 0.25) is 11.8 Å². The van der Waals surface area contributed by atoms with E-state index < -0.39 is 28.5 Å². The molecule has 3 aromatic rings. The highest BCUT2D eigenvalue weighted by Crippen LogP contribution is 2.33. The molecular formula is C31H37Cl2N3O6S. The van der Waals surface area contributed by atoms with Gasteiger partial charge in [-0.3, -0.25) is 13.9 Å². The van der Waals surface area contributed by atoms with Crippen LogP contribution in [-0.4, -0.2) is 58.0 Å². The van der Waals surface area contributed by atoms with Crippen LogP contribution in [0.1, 0.15) is 38.3 Å². The number of methoxy groups -OCH3 is 2. The van der Waals surface area contributed by atoms with E-state index in [1.165, 1.54) is 37.3 Å². The molecule has 0 unspecified atom stereocenters. The summed E-state index contributed by atoms with van der Waals surface area (Å²) < 4.78 is 40.0. The lowest BCUT2D eigenvalue weighted by molar-refractivity contribution is -0.140. The number of amides is 2. The summed E-state index contributed by atoms with van der Waals surface area (Å²) in [5.74, 6) is -0.431. The molecule has 0 bridgehead atoms. The van der Waals surface area contributed by atoms with E-state index in [9.17, 15) is 18.0 Å². The number of anilines is 1. The van der Waals surface area contributed by atoms with Crippen LogP contribution >= 0.6 is 23.2 Å². The molecule has 12 heteroatoms. The fourth-order valence-electron chi connectivity index (χ4n) is 4.50. The predicted octanol–water partition coefficient (Wildman–Crippen LogP) is 5.85. The molecular weight excluding hydrogens is 613 g/mol. The fraction of sp³-hybridized carbons (Fsp3) is 0.355. The molecule has 3 aromatic carbocycles. The van der Waals surface area contributed by atoms with Crippen LogP contribution in [-0.2, 0) is 26.2 Å². The Balaban J connectivity index is 2.14. The van der Waals surface area contributed by atoms with Crippen molar-refractivity contribution in [2.75, 3.05) is 25.1 Å². The molecule has 0 heterocycles. The Hall–Kier alpha value is -3.47. The summed E-state index contributed by atoms with van der Waals surface area (Å²) in [5.41, 5.74) is 1.62. The molecule has 1 N–H and O–H groups in total. The molecule has 3 rings (SSSR count). The average Bonchev–Trinajstić information content (AvgIpc) is 2.96. The van der Waals surface area contributed by atoms with Crippen LogP contribution in [0.25, 0.3) is 0 Å². The Labute approximate surface area is 263 Å². The van der Waals surface area contributed by atoms with Crippen LogP contribution in [0.2, 0.25) is 10.0 Å². The quantitative estimate of drug-likeness (QED) is 0.249. The molecule has 0 fully saturated rings. The molecule has 232 valence electrons. The van der Waals surface area contributed by atoms with Gasteiger partial charge in [0.05, 0.1) is 24.8 Å². The second-order valence-corrected chi connectivity index (χ2v) is 12.8. The molecule has 9 nitrogen and oxygen atoms in total. The number of halogens is 2. The number of carbonyl (C=O) groups is 2. The summed E-state index contributed by atoms with van der Waals surface area (Å²) in [5, 5.41) is 3.49. The maximum absolute atomic E-state index is 14.2. The maximum Gasteiger partial charge on any atom is 0.264 e. The molecule has 0 radical (unpaired) electrons. The second kappa shape index (κ2) is 14.8. The van der Waals surface area contributed by atoms with Crippen molar-refractivity contribution in [2.45, 2.75) is 57.6 Å². The van der Waals surface area contributed by atoms with E-state index in [1.54, 1.807) is 49.4 Å². The summed E-state index contributed by atoms with van der Waals surface area (Å²) in [4.78, 5) is 28.7. The summed E-state index contributed by atoms with van der Waals surface area (Å²) in [6, 6.07) is 14.8. The van der Waals surface area contributed by atoms with Crippen molar-refractivity contribution in [2.24, 2.45) is 0 Å². The van der Waals surface area contributed by atoms with Gasteiger partial charge in [-0.05, 0) is 63.6 Å². The van der Waals surface area contributed by atoms with E-state index in [-0.39, 0.29) is 41.2 Å². The highest BCUT2D eigenvalue weighted by Gasteiger charge is 2.34. The number of hydrogen-bond donors (Lipinski definition) is 1. The normalized spacial score (nSPS) is 12.0. The van der Waals surface area contributed by atoms with Gasteiger partial charge in [0, 0.05) is 34.3 Å². The van der Waals surface area contributed by atoms with Gasteiger partial charge in [0.15, 0.2) is 11.5 Å². The Morgan fingerprint density at radius 1 is 0.930 bits per heavy atom. The van der Waals surface area contributed by atoms with Crippen LogP contribution in [0.5, 0.6) is 11.5 Å². The summed E-state index contributed by atoms with van der Waals surface area (Å²) in [7, 11) is -1.47. The minimum atomic E-state index is -4.32. The molecule has 0 aliphatic rings. The molecule has 0 saturated heterocycles. The zero-order valence-electron chi connectivity index (χ0n) is 25.1. The summed E-state index contributed by atoms with van der Waals surface area (Å²) in [6.45, 7) is 6.56. The second-order valence-electron chi connectivity index (χ2n) is 10.2. The Morgan fingerprint density at radius 2 is 1.53 bits per heavy atom. The Bertz CT molecular complexity index is 1530. The zero-order chi connectivity index (χ0) is 31.9. The van der Waals surface area contributed by atoms with E-state index in [1.807, 2.05) is 20.8 Å². The van der Waals surface area contributed by atoms with Crippen molar-refractivity contribution < 1.29 is 27.5 Å². The third kappa shape index (κ3) is 8.13. The van der Waals surface area contributed by atoms with Crippen LogP contribution in [0.3, 0.4) is 0 Å². The highest BCUT2D eigenvalue weighted by atomic mass is 35.5. The minimum absolute atomic E-state index is 0.108. The van der Waals surface area contributed by atoms with E-state index in [0.29, 0.717) is 21.4 Å². The molecule has 1 atom stereocenters. The summed E-state index contributed by atoms with van der Waals surface area (Å²) in [6.07, 6.45) is 0.263. The van der Waals surface area contributed by atoms with E-state index >= 15 is 0 Å². The first kappa shape index (κ1) is 34.0. The van der Waals surface area contributed by atoms with Crippen molar-refractivity contribution in [1.82, 2.24) is 10.2 Å². The Kier molecular flexibility index (Phi) is 11.7. The number of ether oxygens (including phenoxy) is 2. The molecule has 2 amide bonds. The smallest absolute Gasteiger partial charge is 0.264 e. The number of nitrogens with zero attached hydrogens (tertiary/aromatic N) is 2. The number of aryl methyl sites for hydroxylation is 1. The number of rotatable bonds is 13. The average molecular weight is 651 g/mol. The molecule has 43 heavy (non-hydrogen) atoms. The highest BCUT2D eigenvalue weighted by molar-refractivity contribution is 7.92. The van der Waals surface area contributed by atoms with Crippen molar-refractivity contribution in [3.8, 4) is 11.5 Å². The van der Waals surface area contributed by atoms with Crippen LogP contribution in [0, 0.1) is 6.92 Å². The van der Waals surface area contributed by atoms with Gasteiger partial charge in [0.25, 0.3) is 10.0 Å². The molecule has 0 aliphatic heterocycles. The van der Waals surface area contributed by atoms with Crippen LogP contribution < -0.4 is 19.1 Å². The lowest BCUT2D eigenvalue weighted by Gasteiger charge is -2.34. The van der Waals surface area contributed by atoms with Crippen molar-refractivity contribution in [3.05, 3.63) is 81.8 Å². The maximum atomic E-state index is 14.2. The SMILES string of the molecule is CC[C@@H](C(=O)NC(C)C)N(Cc1c(Cl)cccc1Cl)C(=O)CN(c1ccc(C)cc1)S(=O)(=O)c1ccc(OC)c(OC)c1. The lowest BCUT2D eigenvalue weighted by Crippen LogP contribution is -2.53. The first-order valence-electron chi connectivity index (χ1n) is 13.7. The van der Waals surface area contributed by atoms with Crippen LogP contribution in [0.15, 0.2) is 65.6 Å². The number of benzene rings is 3. The molecule has 0 saturated carbocycles. The topological polar surface area (TPSA) is 105 Å². The third-order valence-corrected chi connectivity index (χ3v) is 9.23. The predicted molar refractivity (Wildman–Crippen MR) is 170 cm³/mol. The van der Waals surface area contributed by atoms with Crippen molar-refractivity contribution in [3.63, 3.8) is 0 Å². The number of carbonyl (C=O) groups excluding carboxylic acids is 2. The molecule has 0 aromatic heterocycles.